The Labute approximate surface area is 136 Å². The van der Waals surface area contributed by atoms with Crippen molar-refractivity contribution in [2.24, 2.45) is 11.1 Å². The number of halogens is 1. The predicted octanol–water partition coefficient (Wildman–Crippen LogP) is 2.53. The van der Waals surface area contributed by atoms with Gasteiger partial charge in [-0.2, -0.15) is 0 Å². The lowest BCUT2D eigenvalue weighted by Gasteiger charge is -2.35. The van der Waals surface area contributed by atoms with Crippen LogP contribution in [0.2, 0.25) is 5.02 Å². The van der Waals surface area contributed by atoms with E-state index in [2.05, 4.69) is 10.3 Å². The molecule has 1 saturated carbocycles. The molecule has 0 bridgehead atoms. The zero-order valence-corrected chi connectivity index (χ0v) is 13.6. The van der Waals surface area contributed by atoms with Gasteiger partial charge in [0.05, 0.1) is 6.54 Å². The van der Waals surface area contributed by atoms with Crippen molar-refractivity contribution >= 4 is 17.5 Å². The number of nitrogens with one attached hydrogen (secondary N) is 1. The smallest absolute Gasteiger partial charge is 0.232 e. The molecule has 2 rings (SSSR count). The third kappa shape index (κ3) is 4.85. The van der Waals surface area contributed by atoms with Crippen molar-refractivity contribution in [3.8, 4) is 5.88 Å². The summed E-state index contributed by atoms with van der Waals surface area (Å²) in [6, 6.07) is 3.46. The van der Waals surface area contributed by atoms with Crippen molar-refractivity contribution in [1.82, 2.24) is 10.3 Å². The second kappa shape index (κ2) is 8.34. The average molecular weight is 326 g/mol. The van der Waals surface area contributed by atoms with Crippen molar-refractivity contribution in [2.75, 3.05) is 19.7 Å². The molecule has 1 aliphatic carbocycles. The Bertz CT molecular complexity index is 490. The fourth-order valence-electron chi connectivity index (χ4n) is 2.97. The highest BCUT2D eigenvalue weighted by Crippen LogP contribution is 2.38. The van der Waals surface area contributed by atoms with Gasteiger partial charge < -0.3 is 15.8 Å². The van der Waals surface area contributed by atoms with Crippen LogP contribution in [-0.4, -0.2) is 30.6 Å². The van der Waals surface area contributed by atoms with Crippen LogP contribution in [0.3, 0.4) is 0 Å². The summed E-state index contributed by atoms with van der Waals surface area (Å²) in [5, 5.41) is 3.36. The van der Waals surface area contributed by atoms with Crippen LogP contribution in [0.15, 0.2) is 18.3 Å². The minimum atomic E-state index is -0.00646. The van der Waals surface area contributed by atoms with Gasteiger partial charge in [-0.1, -0.05) is 30.9 Å². The normalized spacial score (nSPS) is 17.0. The molecule has 0 spiro atoms. The summed E-state index contributed by atoms with van der Waals surface area (Å²) in [6.45, 7) is 1.37. The minimum absolute atomic E-state index is 0.00646. The van der Waals surface area contributed by atoms with Gasteiger partial charge in [0.1, 0.15) is 11.6 Å². The average Bonchev–Trinajstić information content (AvgIpc) is 2.54. The molecule has 1 fully saturated rings. The van der Waals surface area contributed by atoms with E-state index in [0.29, 0.717) is 37.0 Å². The third-order valence-electron chi connectivity index (χ3n) is 4.27. The summed E-state index contributed by atoms with van der Waals surface area (Å²) in [6.07, 6.45) is 7.83. The van der Waals surface area contributed by atoms with Gasteiger partial charge in [-0.15, -0.1) is 0 Å². The summed E-state index contributed by atoms with van der Waals surface area (Å²) in [4.78, 5) is 16.1. The number of nitrogens with zero attached hydrogens (tertiary/aromatic N) is 1. The number of rotatable bonds is 7. The summed E-state index contributed by atoms with van der Waals surface area (Å²) in [7, 11) is 0. The number of aromatic nitrogens is 1. The van der Waals surface area contributed by atoms with Crippen molar-refractivity contribution < 1.29 is 9.53 Å². The topological polar surface area (TPSA) is 77.2 Å². The van der Waals surface area contributed by atoms with Crippen LogP contribution in [0.1, 0.15) is 38.5 Å². The molecular formula is C16H24ClN3O2. The molecule has 0 aliphatic heterocycles. The second-order valence-corrected chi connectivity index (χ2v) is 6.34. The maximum Gasteiger partial charge on any atom is 0.232 e. The molecule has 1 aliphatic rings. The van der Waals surface area contributed by atoms with Gasteiger partial charge >= 0.3 is 0 Å². The minimum Gasteiger partial charge on any atom is -0.475 e. The maximum atomic E-state index is 12.1. The molecule has 22 heavy (non-hydrogen) atoms. The second-order valence-electron chi connectivity index (χ2n) is 5.93. The molecule has 1 heterocycles. The number of hydrogen-bond donors (Lipinski definition) is 2. The first-order valence-electron chi connectivity index (χ1n) is 7.85. The lowest BCUT2D eigenvalue weighted by Crippen LogP contribution is -2.39. The van der Waals surface area contributed by atoms with Gasteiger partial charge in [0.15, 0.2) is 0 Å². The van der Waals surface area contributed by atoms with Crippen LogP contribution >= 0.6 is 11.6 Å². The van der Waals surface area contributed by atoms with Crippen molar-refractivity contribution in [2.45, 2.75) is 38.5 Å². The van der Waals surface area contributed by atoms with Crippen molar-refractivity contribution in [3.63, 3.8) is 0 Å². The highest BCUT2D eigenvalue weighted by atomic mass is 35.5. The first kappa shape index (κ1) is 17.0. The quantitative estimate of drug-likeness (QED) is 0.755. The van der Waals surface area contributed by atoms with E-state index in [1.807, 2.05) is 0 Å². The number of carbonyl (C=O) groups excluding carboxylic acids is 1. The maximum absolute atomic E-state index is 12.1. The number of hydrogen-bond acceptors (Lipinski definition) is 4. The lowest BCUT2D eigenvalue weighted by atomic mass is 9.72. The summed E-state index contributed by atoms with van der Waals surface area (Å²) >= 11 is 5.94. The summed E-state index contributed by atoms with van der Waals surface area (Å²) in [5.41, 5.74) is 5.90. The first-order valence-corrected chi connectivity index (χ1v) is 8.23. The number of amides is 1. The Hall–Kier alpha value is -1.33. The SMILES string of the molecule is NCC1(CC(=O)NCCOc2ncccc2Cl)CCCCC1. The van der Waals surface area contributed by atoms with E-state index in [0.717, 1.165) is 12.8 Å². The van der Waals surface area contributed by atoms with Crippen LogP contribution in [0.25, 0.3) is 0 Å². The zero-order valence-electron chi connectivity index (χ0n) is 12.8. The predicted molar refractivity (Wildman–Crippen MR) is 86.9 cm³/mol. The Morgan fingerprint density at radius 3 is 2.86 bits per heavy atom. The molecule has 3 N–H and O–H groups in total. The fraction of sp³-hybridized carbons (Fsp3) is 0.625. The number of pyridine rings is 1. The molecule has 1 aromatic rings. The molecule has 0 saturated heterocycles. The lowest BCUT2D eigenvalue weighted by molar-refractivity contribution is -0.124. The fourth-order valence-corrected chi connectivity index (χ4v) is 3.15. The molecule has 6 heteroatoms. The van der Waals surface area contributed by atoms with E-state index in [1.165, 1.54) is 19.3 Å². The molecule has 0 radical (unpaired) electrons. The van der Waals surface area contributed by atoms with E-state index in [-0.39, 0.29) is 11.3 Å². The van der Waals surface area contributed by atoms with Crippen LogP contribution in [0.4, 0.5) is 0 Å². The standard InChI is InChI=1S/C16H24ClN3O2/c17-13-5-4-8-20-15(13)22-10-9-19-14(21)11-16(12-18)6-2-1-3-7-16/h4-5,8H,1-3,6-7,9-12,18H2,(H,19,21). The molecule has 122 valence electrons. The highest BCUT2D eigenvalue weighted by Gasteiger charge is 2.32. The van der Waals surface area contributed by atoms with Gasteiger partial charge in [-0.3, -0.25) is 4.79 Å². The van der Waals surface area contributed by atoms with Crippen molar-refractivity contribution in [1.29, 1.82) is 0 Å². The van der Waals surface area contributed by atoms with Gasteiger partial charge in [0, 0.05) is 12.6 Å². The van der Waals surface area contributed by atoms with Crippen LogP contribution in [0, 0.1) is 5.41 Å². The van der Waals surface area contributed by atoms with Gasteiger partial charge in [0.2, 0.25) is 11.8 Å². The molecule has 5 nitrogen and oxygen atoms in total. The van der Waals surface area contributed by atoms with Crippen LogP contribution < -0.4 is 15.8 Å². The monoisotopic (exact) mass is 325 g/mol. The molecular weight excluding hydrogens is 302 g/mol. The highest BCUT2D eigenvalue weighted by molar-refractivity contribution is 6.31. The number of ether oxygens (including phenoxy) is 1. The third-order valence-corrected chi connectivity index (χ3v) is 4.56. The van der Waals surface area contributed by atoms with Gasteiger partial charge in [-0.25, -0.2) is 4.98 Å². The van der Waals surface area contributed by atoms with E-state index < -0.39 is 0 Å². The van der Waals surface area contributed by atoms with E-state index in [4.69, 9.17) is 22.1 Å². The van der Waals surface area contributed by atoms with E-state index in [9.17, 15) is 4.79 Å². The molecule has 0 unspecified atom stereocenters. The Morgan fingerprint density at radius 1 is 1.41 bits per heavy atom. The zero-order chi connectivity index (χ0) is 15.8. The van der Waals surface area contributed by atoms with Crippen LogP contribution in [0.5, 0.6) is 5.88 Å². The van der Waals surface area contributed by atoms with E-state index >= 15 is 0 Å². The number of nitrogens with two attached hydrogens (primary N) is 1. The number of carbonyl (C=O) groups is 1. The summed E-state index contributed by atoms with van der Waals surface area (Å²) in [5.74, 6) is 0.437. The Morgan fingerprint density at radius 2 is 2.18 bits per heavy atom. The molecule has 0 aromatic carbocycles. The van der Waals surface area contributed by atoms with Gasteiger partial charge in [0.25, 0.3) is 0 Å². The molecule has 1 amide bonds. The molecule has 1 aromatic heterocycles. The Balaban J connectivity index is 1.70. The largest absolute Gasteiger partial charge is 0.475 e. The van der Waals surface area contributed by atoms with Crippen LogP contribution in [-0.2, 0) is 4.79 Å². The van der Waals surface area contributed by atoms with Gasteiger partial charge in [-0.05, 0) is 36.9 Å². The van der Waals surface area contributed by atoms with E-state index in [1.54, 1.807) is 18.3 Å². The molecule has 0 atom stereocenters. The summed E-state index contributed by atoms with van der Waals surface area (Å²) < 4.78 is 5.45. The first-order chi connectivity index (χ1) is 10.7. The van der Waals surface area contributed by atoms with Crippen molar-refractivity contribution in [3.05, 3.63) is 23.4 Å². The Kier molecular flexibility index (Phi) is 6.46.